The molecule has 0 saturated heterocycles. The first-order valence-corrected chi connectivity index (χ1v) is 8.14. The Balaban J connectivity index is 2.15. The van der Waals surface area contributed by atoms with Crippen molar-refractivity contribution in [1.29, 1.82) is 0 Å². The van der Waals surface area contributed by atoms with Crippen molar-refractivity contribution in [3.63, 3.8) is 0 Å². The topological polar surface area (TPSA) is 52.6 Å². The van der Waals surface area contributed by atoms with E-state index in [1.165, 1.54) is 19.3 Å². The van der Waals surface area contributed by atoms with Crippen LogP contribution in [-0.4, -0.2) is 47.2 Å². The Labute approximate surface area is 123 Å². The van der Waals surface area contributed by atoms with Gasteiger partial charge in [0.25, 0.3) is 0 Å². The number of hydrogen-bond donors (Lipinski definition) is 2. The first-order chi connectivity index (χ1) is 9.42. The van der Waals surface area contributed by atoms with E-state index in [2.05, 4.69) is 31.0 Å². The molecule has 1 aliphatic rings. The molecule has 4 nitrogen and oxygen atoms in total. The molecule has 0 aromatic carbocycles. The number of hydrogen-bond acceptors (Lipinski definition) is 3. The lowest BCUT2D eigenvalue weighted by molar-refractivity contribution is -0.139. The normalized spacial score (nSPS) is 23.9. The fourth-order valence-electron chi connectivity index (χ4n) is 3.01. The molecule has 2 N–H and O–H groups in total. The third kappa shape index (κ3) is 6.23. The molecule has 0 aliphatic heterocycles. The predicted molar refractivity (Wildman–Crippen MR) is 83.0 cm³/mol. The van der Waals surface area contributed by atoms with Crippen molar-refractivity contribution in [2.45, 2.75) is 77.9 Å². The molecule has 1 atom stereocenters. The average Bonchev–Trinajstić information content (AvgIpc) is 2.30. The van der Waals surface area contributed by atoms with Gasteiger partial charge in [-0.3, -0.25) is 9.69 Å². The number of carboxylic acids is 1. The molecule has 0 amide bonds. The zero-order chi connectivity index (χ0) is 15.1. The van der Waals surface area contributed by atoms with Crippen molar-refractivity contribution in [2.75, 3.05) is 13.1 Å². The van der Waals surface area contributed by atoms with Gasteiger partial charge in [0.15, 0.2) is 0 Å². The van der Waals surface area contributed by atoms with E-state index in [1.807, 2.05) is 6.92 Å². The van der Waals surface area contributed by atoms with Gasteiger partial charge in [-0.1, -0.05) is 33.6 Å². The van der Waals surface area contributed by atoms with Crippen LogP contribution in [0.5, 0.6) is 0 Å². The summed E-state index contributed by atoms with van der Waals surface area (Å²) in [7, 11) is 0. The minimum absolute atomic E-state index is 0.178. The maximum atomic E-state index is 10.8. The zero-order valence-electron chi connectivity index (χ0n) is 13.6. The molecule has 0 aromatic heterocycles. The average molecular weight is 284 g/mol. The minimum Gasteiger partial charge on any atom is -0.480 e. The van der Waals surface area contributed by atoms with E-state index in [0.717, 1.165) is 25.3 Å². The summed E-state index contributed by atoms with van der Waals surface area (Å²) >= 11 is 0. The fraction of sp³-hybridized carbons (Fsp3) is 0.938. The Bertz CT molecular complexity index is 288. The quantitative estimate of drug-likeness (QED) is 0.647. The van der Waals surface area contributed by atoms with Crippen molar-refractivity contribution in [1.82, 2.24) is 10.2 Å². The maximum absolute atomic E-state index is 10.8. The summed E-state index contributed by atoms with van der Waals surface area (Å²) in [5.41, 5.74) is 0. The lowest BCUT2D eigenvalue weighted by Crippen LogP contribution is -2.55. The third-order valence-corrected chi connectivity index (χ3v) is 4.31. The molecule has 4 heteroatoms. The number of carboxylic acid groups (broad SMARTS) is 1. The van der Waals surface area contributed by atoms with Gasteiger partial charge < -0.3 is 10.4 Å². The highest BCUT2D eigenvalue weighted by atomic mass is 16.4. The van der Waals surface area contributed by atoms with Crippen LogP contribution in [0.4, 0.5) is 0 Å². The van der Waals surface area contributed by atoms with Crippen LogP contribution in [0.1, 0.15) is 59.8 Å². The van der Waals surface area contributed by atoms with Crippen LogP contribution >= 0.6 is 0 Å². The number of nitrogens with zero attached hydrogens (tertiary/aromatic N) is 1. The van der Waals surface area contributed by atoms with Crippen LogP contribution in [-0.2, 0) is 4.79 Å². The van der Waals surface area contributed by atoms with Crippen molar-refractivity contribution in [3.8, 4) is 0 Å². The Morgan fingerprint density at radius 2 is 1.95 bits per heavy atom. The second-order valence-corrected chi connectivity index (χ2v) is 6.67. The molecule has 0 bridgehead atoms. The molecule has 1 aliphatic carbocycles. The molecular weight excluding hydrogens is 252 g/mol. The van der Waals surface area contributed by atoms with E-state index in [4.69, 9.17) is 5.11 Å². The molecule has 1 unspecified atom stereocenters. The second kappa shape index (κ2) is 8.63. The molecule has 1 saturated carbocycles. The van der Waals surface area contributed by atoms with Gasteiger partial charge in [-0.05, 0) is 38.6 Å². The molecule has 0 spiro atoms. The van der Waals surface area contributed by atoms with Crippen LogP contribution in [0.2, 0.25) is 0 Å². The maximum Gasteiger partial charge on any atom is 0.317 e. The largest absolute Gasteiger partial charge is 0.480 e. The van der Waals surface area contributed by atoms with E-state index < -0.39 is 5.97 Å². The molecule has 1 fully saturated rings. The highest BCUT2D eigenvalue weighted by Gasteiger charge is 2.34. The van der Waals surface area contributed by atoms with E-state index >= 15 is 0 Å². The molecule has 118 valence electrons. The van der Waals surface area contributed by atoms with E-state index in [0.29, 0.717) is 18.1 Å². The number of carbonyl (C=O) groups is 1. The third-order valence-electron chi connectivity index (χ3n) is 4.31. The number of rotatable bonds is 10. The van der Waals surface area contributed by atoms with Crippen molar-refractivity contribution in [3.05, 3.63) is 0 Å². The molecule has 1 rings (SSSR count). The summed E-state index contributed by atoms with van der Waals surface area (Å²) in [6.07, 6.45) is 6.03. The summed E-state index contributed by atoms with van der Waals surface area (Å²) in [6.45, 7) is 9.86. The summed E-state index contributed by atoms with van der Waals surface area (Å²) < 4.78 is 0. The van der Waals surface area contributed by atoms with Gasteiger partial charge in [0.1, 0.15) is 0 Å². The Kier molecular flexibility index (Phi) is 7.52. The summed E-state index contributed by atoms with van der Waals surface area (Å²) in [6, 6.07) is 1.61. The number of likely N-dealkylation sites (N-methyl/N-ethyl adjacent to an activating group) is 1. The van der Waals surface area contributed by atoms with Crippen LogP contribution in [0.25, 0.3) is 0 Å². The van der Waals surface area contributed by atoms with Gasteiger partial charge >= 0.3 is 5.97 Å². The van der Waals surface area contributed by atoms with Gasteiger partial charge in [-0.15, -0.1) is 0 Å². The molecular formula is C16H32N2O2. The summed E-state index contributed by atoms with van der Waals surface area (Å²) in [4.78, 5) is 12.9. The van der Waals surface area contributed by atoms with Gasteiger partial charge in [-0.25, -0.2) is 0 Å². The van der Waals surface area contributed by atoms with Crippen LogP contribution in [0, 0.1) is 5.92 Å². The van der Waals surface area contributed by atoms with Gasteiger partial charge in [0.2, 0.25) is 0 Å². The van der Waals surface area contributed by atoms with Crippen LogP contribution in [0.15, 0.2) is 0 Å². The van der Waals surface area contributed by atoms with Crippen LogP contribution < -0.4 is 5.32 Å². The Morgan fingerprint density at radius 1 is 1.30 bits per heavy atom. The molecule has 0 radical (unpaired) electrons. The van der Waals surface area contributed by atoms with Crippen molar-refractivity contribution in [2.24, 2.45) is 5.92 Å². The first kappa shape index (κ1) is 17.4. The molecule has 0 heterocycles. The summed E-state index contributed by atoms with van der Waals surface area (Å²) in [5.74, 6) is 0.0785. The standard InChI is InChI=1S/C16H32N2O2/c1-5-18(11-16(19)20)15-9-14(10-15)17-13(4)8-6-7-12(2)3/h12-15,17H,5-11H2,1-4H3,(H,19,20). The second-order valence-electron chi connectivity index (χ2n) is 6.67. The number of nitrogens with one attached hydrogen (secondary N) is 1. The zero-order valence-corrected chi connectivity index (χ0v) is 13.6. The lowest BCUT2D eigenvalue weighted by Gasteiger charge is -2.43. The van der Waals surface area contributed by atoms with E-state index in [9.17, 15) is 4.79 Å². The van der Waals surface area contributed by atoms with E-state index in [1.54, 1.807) is 0 Å². The van der Waals surface area contributed by atoms with Gasteiger partial charge in [0, 0.05) is 18.1 Å². The summed E-state index contributed by atoms with van der Waals surface area (Å²) in [5, 5.41) is 12.6. The molecule has 0 aromatic rings. The van der Waals surface area contributed by atoms with Crippen molar-refractivity contribution >= 4 is 5.97 Å². The lowest BCUT2D eigenvalue weighted by atomic mass is 9.84. The highest BCUT2D eigenvalue weighted by molar-refractivity contribution is 5.69. The predicted octanol–water partition coefficient (Wildman–Crippen LogP) is 2.73. The first-order valence-electron chi connectivity index (χ1n) is 8.14. The van der Waals surface area contributed by atoms with Crippen molar-refractivity contribution < 1.29 is 9.90 Å². The SMILES string of the molecule is CCN(CC(=O)O)C1CC(NC(C)CCCC(C)C)C1. The Hall–Kier alpha value is -0.610. The Morgan fingerprint density at radius 3 is 2.45 bits per heavy atom. The van der Waals surface area contributed by atoms with Gasteiger partial charge in [-0.2, -0.15) is 0 Å². The van der Waals surface area contributed by atoms with Crippen LogP contribution in [0.3, 0.4) is 0 Å². The van der Waals surface area contributed by atoms with Gasteiger partial charge in [0.05, 0.1) is 6.54 Å². The fourth-order valence-corrected chi connectivity index (χ4v) is 3.01. The highest BCUT2D eigenvalue weighted by Crippen LogP contribution is 2.26. The smallest absolute Gasteiger partial charge is 0.317 e. The van der Waals surface area contributed by atoms with E-state index in [-0.39, 0.29) is 6.54 Å². The molecule has 20 heavy (non-hydrogen) atoms. The monoisotopic (exact) mass is 284 g/mol. The number of aliphatic carboxylic acids is 1. The minimum atomic E-state index is -0.717.